The van der Waals surface area contributed by atoms with Gasteiger partial charge in [0, 0.05) is 17.1 Å². The zero-order valence-corrected chi connectivity index (χ0v) is 12.3. The van der Waals surface area contributed by atoms with Crippen molar-refractivity contribution in [3.63, 3.8) is 0 Å². The van der Waals surface area contributed by atoms with Gasteiger partial charge in [0.15, 0.2) is 0 Å². The summed E-state index contributed by atoms with van der Waals surface area (Å²) in [5, 5.41) is 8.74. The molecule has 2 unspecified atom stereocenters. The lowest BCUT2D eigenvalue weighted by Crippen LogP contribution is -2.30. The third-order valence-electron chi connectivity index (χ3n) is 3.03. The van der Waals surface area contributed by atoms with Gasteiger partial charge in [0.05, 0.1) is 0 Å². The quantitative estimate of drug-likeness (QED) is 0.838. The molecule has 0 amide bonds. The third-order valence-corrected chi connectivity index (χ3v) is 3.99. The smallest absolute Gasteiger partial charge is 0.0406 e. The van der Waals surface area contributed by atoms with E-state index < -0.39 is 0 Å². The molecule has 18 heavy (non-hydrogen) atoms. The zero-order valence-electron chi connectivity index (χ0n) is 10.7. The minimum atomic E-state index is 0.401. The fourth-order valence-electron chi connectivity index (χ4n) is 2.08. The van der Waals surface area contributed by atoms with Gasteiger partial charge in [-0.25, -0.2) is 0 Å². The van der Waals surface area contributed by atoms with Crippen LogP contribution in [-0.4, -0.2) is 6.04 Å². The van der Waals surface area contributed by atoms with E-state index in [-0.39, 0.29) is 0 Å². The zero-order chi connectivity index (χ0) is 13.0. The first-order valence-corrected chi connectivity index (χ1v) is 7.50. The van der Waals surface area contributed by atoms with Crippen molar-refractivity contribution in [1.29, 1.82) is 0 Å². The molecule has 2 rings (SSSR count). The van der Waals surface area contributed by atoms with E-state index in [9.17, 15) is 0 Å². The number of halogens is 1. The summed E-state index contributed by atoms with van der Waals surface area (Å²) >= 11 is 7.63. The molecule has 0 aliphatic carbocycles. The summed E-state index contributed by atoms with van der Waals surface area (Å²) in [5.41, 5.74) is 2.68. The standard InChI is InChI=1S/C15H18ClNS/c1-11(9-13-3-5-15(16)6-4-13)17-12(2)14-7-8-18-10-14/h3-8,10-12,17H,9H2,1-2H3. The molecule has 0 aliphatic heterocycles. The molecule has 3 heteroatoms. The van der Waals surface area contributed by atoms with Crippen LogP contribution >= 0.6 is 22.9 Å². The number of thiophene rings is 1. The van der Waals surface area contributed by atoms with Crippen molar-refractivity contribution in [2.24, 2.45) is 0 Å². The molecule has 1 N–H and O–H groups in total. The third kappa shape index (κ3) is 3.84. The average molecular weight is 280 g/mol. The number of hydrogen-bond donors (Lipinski definition) is 1. The molecular formula is C15H18ClNS. The van der Waals surface area contributed by atoms with Crippen molar-refractivity contribution in [1.82, 2.24) is 5.32 Å². The highest BCUT2D eigenvalue weighted by Gasteiger charge is 2.10. The Balaban J connectivity index is 1.88. The number of hydrogen-bond acceptors (Lipinski definition) is 2. The van der Waals surface area contributed by atoms with Crippen LogP contribution in [0, 0.1) is 0 Å². The van der Waals surface area contributed by atoms with Crippen molar-refractivity contribution in [3.8, 4) is 0 Å². The van der Waals surface area contributed by atoms with E-state index in [0.717, 1.165) is 11.4 Å². The fraction of sp³-hybridized carbons (Fsp3) is 0.333. The Bertz CT molecular complexity index is 464. The van der Waals surface area contributed by atoms with Crippen molar-refractivity contribution in [3.05, 3.63) is 57.2 Å². The summed E-state index contributed by atoms with van der Waals surface area (Å²) in [7, 11) is 0. The van der Waals surface area contributed by atoms with Crippen LogP contribution < -0.4 is 5.32 Å². The van der Waals surface area contributed by atoms with E-state index in [2.05, 4.69) is 48.1 Å². The normalized spacial score (nSPS) is 14.4. The number of benzene rings is 1. The molecule has 0 aliphatic rings. The molecule has 0 saturated carbocycles. The lowest BCUT2D eigenvalue weighted by molar-refractivity contribution is 0.478. The highest BCUT2D eigenvalue weighted by Crippen LogP contribution is 2.17. The van der Waals surface area contributed by atoms with E-state index in [1.165, 1.54) is 11.1 Å². The molecular weight excluding hydrogens is 262 g/mol. The average Bonchev–Trinajstić information content (AvgIpc) is 2.85. The van der Waals surface area contributed by atoms with Crippen LogP contribution in [0.2, 0.25) is 5.02 Å². The molecule has 0 radical (unpaired) electrons. The maximum absolute atomic E-state index is 5.89. The van der Waals surface area contributed by atoms with E-state index in [4.69, 9.17) is 11.6 Å². The Morgan fingerprint density at radius 2 is 1.89 bits per heavy atom. The topological polar surface area (TPSA) is 12.0 Å². The molecule has 1 heterocycles. The summed E-state index contributed by atoms with van der Waals surface area (Å²) in [6.07, 6.45) is 1.02. The van der Waals surface area contributed by atoms with Crippen LogP contribution in [0.1, 0.15) is 31.0 Å². The Labute approximate surface area is 118 Å². The van der Waals surface area contributed by atoms with Gasteiger partial charge in [-0.05, 0) is 60.4 Å². The van der Waals surface area contributed by atoms with Crippen LogP contribution in [0.5, 0.6) is 0 Å². The first-order chi connectivity index (χ1) is 8.65. The predicted molar refractivity (Wildman–Crippen MR) is 80.5 cm³/mol. The van der Waals surface area contributed by atoms with Crippen LogP contribution in [0.3, 0.4) is 0 Å². The number of nitrogens with one attached hydrogen (secondary N) is 1. The van der Waals surface area contributed by atoms with Crippen molar-refractivity contribution >= 4 is 22.9 Å². The predicted octanol–water partition coefficient (Wildman–Crippen LogP) is 4.68. The van der Waals surface area contributed by atoms with Crippen LogP contribution in [-0.2, 0) is 6.42 Å². The monoisotopic (exact) mass is 279 g/mol. The molecule has 0 spiro atoms. The van der Waals surface area contributed by atoms with Gasteiger partial charge in [-0.15, -0.1) is 0 Å². The Morgan fingerprint density at radius 1 is 1.17 bits per heavy atom. The summed E-state index contributed by atoms with van der Waals surface area (Å²) in [5.74, 6) is 0. The maximum Gasteiger partial charge on any atom is 0.0406 e. The lowest BCUT2D eigenvalue weighted by atomic mass is 10.1. The van der Waals surface area contributed by atoms with Gasteiger partial charge in [-0.1, -0.05) is 23.7 Å². The highest BCUT2D eigenvalue weighted by molar-refractivity contribution is 7.07. The summed E-state index contributed by atoms with van der Waals surface area (Å²) < 4.78 is 0. The summed E-state index contributed by atoms with van der Waals surface area (Å²) in [4.78, 5) is 0. The SMILES string of the molecule is CC(Cc1ccc(Cl)cc1)NC(C)c1ccsc1. The Kier molecular flexibility index (Phi) is 4.81. The molecule has 0 bridgehead atoms. The molecule has 96 valence electrons. The van der Waals surface area contributed by atoms with Crippen molar-refractivity contribution in [2.45, 2.75) is 32.4 Å². The van der Waals surface area contributed by atoms with Gasteiger partial charge in [-0.2, -0.15) is 11.3 Å². The van der Waals surface area contributed by atoms with E-state index in [1.807, 2.05) is 12.1 Å². The van der Waals surface area contributed by atoms with Gasteiger partial charge in [0.25, 0.3) is 0 Å². The van der Waals surface area contributed by atoms with Gasteiger partial charge >= 0.3 is 0 Å². The largest absolute Gasteiger partial charge is 0.307 e. The van der Waals surface area contributed by atoms with Crippen LogP contribution in [0.15, 0.2) is 41.1 Å². The van der Waals surface area contributed by atoms with Crippen molar-refractivity contribution in [2.75, 3.05) is 0 Å². The second-order valence-electron chi connectivity index (χ2n) is 4.68. The van der Waals surface area contributed by atoms with Gasteiger partial charge < -0.3 is 5.32 Å². The number of rotatable bonds is 5. The fourth-order valence-corrected chi connectivity index (χ4v) is 2.96. The molecule has 0 fully saturated rings. The van der Waals surface area contributed by atoms with Gasteiger partial charge in [0.2, 0.25) is 0 Å². The van der Waals surface area contributed by atoms with Crippen LogP contribution in [0.4, 0.5) is 0 Å². The molecule has 1 nitrogen and oxygen atoms in total. The summed E-state index contributed by atoms with van der Waals surface area (Å²) in [6.45, 7) is 4.43. The van der Waals surface area contributed by atoms with E-state index >= 15 is 0 Å². The second-order valence-corrected chi connectivity index (χ2v) is 5.89. The van der Waals surface area contributed by atoms with Gasteiger partial charge in [0.1, 0.15) is 0 Å². The van der Waals surface area contributed by atoms with Crippen LogP contribution in [0.25, 0.3) is 0 Å². The summed E-state index contributed by atoms with van der Waals surface area (Å²) in [6, 6.07) is 11.1. The maximum atomic E-state index is 5.89. The minimum absolute atomic E-state index is 0.401. The lowest BCUT2D eigenvalue weighted by Gasteiger charge is -2.19. The Morgan fingerprint density at radius 3 is 2.50 bits per heavy atom. The minimum Gasteiger partial charge on any atom is -0.307 e. The molecule has 2 aromatic rings. The first-order valence-electron chi connectivity index (χ1n) is 6.17. The molecule has 1 aromatic carbocycles. The van der Waals surface area contributed by atoms with E-state index in [1.54, 1.807) is 11.3 Å². The Hall–Kier alpha value is -0.830. The van der Waals surface area contributed by atoms with Crippen molar-refractivity contribution < 1.29 is 0 Å². The second kappa shape index (κ2) is 6.37. The highest BCUT2D eigenvalue weighted by atomic mass is 35.5. The molecule has 0 saturated heterocycles. The molecule has 1 aromatic heterocycles. The first kappa shape index (κ1) is 13.6. The van der Waals surface area contributed by atoms with Gasteiger partial charge in [-0.3, -0.25) is 0 Å². The molecule has 2 atom stereocenters. The van der Waals surface area contributed by atoms with E-state index in [0.29, 0.717) is 12.1 Å².